The minimum absolute atomic E-state index is 0.506. The molecule has 0 spiro atoms. The summed E-state index contributed by atoms with van der Waals surface area (Å²) in [7, 11) is 1.64. The van der Waals surface area contributed by atoms with Crippen molar-refractivity contribution in [1.29, 1.82) is 0 Å². The van der Waals surface area contributed by atoms with Gasteiger partial charge in [0.15, 0.2) is 11.6 Å². The number of nitrogen functional groups attached to an aromatic ring is 1. The van der Waals surface area contributed by atoms with E-state index in [4.69, 9.17) is 10.5 Å². The van der Waals surface area contributed by atoms with Crippen LogP contribution in [0.3, 0.4) is 0 Å². The number of nitrogens with two attached hydrogens (primary N) is 1. The lowest BCUT2D eigenvalue weighted by atomic mass is 10.2. The minimum Gasteiger partial charge on any atom is -0.497 e. The highest BCUT2D eigenvalue weighted by atomic mass is 16.5. The number of ether oxygens (including phenoxy) is 1. The van der Waals surface area contributed by atoms with Gasteiger partial charge in [-0.15, -0.1) is 0 Å². The van der Waals surface area contributed by atoms with E-state index in [1.54, 1.807) is 7.11 Å². The van der Waals surface area contributed by atoms with E-state index in [0.29, 0.717) is 17.3 Å². The van der Waals surface area contributed by atoms with Crippen LogP contribution in [-0.4, -0.2) is 23.6 Å². The van der Waals surface area contributed by atoms with Gasteiger partial charge in [-0.1, -0.05) is 12.1 Å². The van der Waals surface area contributed by atoms with E-state index < -0.39 is 0 Å². The highest BCUT2D eigenvalue weighted by molar-refractivity contribution is 5.81. The molecule has 0 amide bonds. The van der Waals surface area contributed by atoms with Crippen LogP contribution in [0.1, 0.15) is 12.5 Å². The van der Waals surface area contributed by atoms with Gasteiger partial charge in [-0.25, -0.2) is 9.97 Å². The minimum atomic E-state index is 0.506. The smallest absolute Gasteiger partial charge is 0.161 e. The van der Waals surface area contributed by atoms with E-state index in [0.717, 1.165) is 23.7 Å². The highest BCUT2D eigenvalue weighted by Crippen LogP contribution is 2.33. The third-order valence-corrected chi connectivity index (χ3v) is 4.10. The lowest BCUT2D eigenvalue weighted by Gasteiger charge is -2.24. The fourth-order valence-corrected chi connectivity index (χ4v) is 2.76. The molecular weight excluding hydrogens is 326 g/mol. The molecule has 3 N–H and O–H groups in total. The van der Waals surface area contributed by atoms with Crippen LogP contribution in [0.2, 0.25) is 0 Å². The maximum absolute atomic E-state index is 6.39. The van der Waals surface area contributed by atoms with Gasteiger partial charge in [-0.3, -0.25) is 0 Å². The average Bonchev–Trinajstić information content (AvgIpc) is 2.66. The van der Waals surface area contributed by atoms with E-state index in [1.807, 2.05) is 30.3 Å². The van der Waals surface area contributed by atoms with Crippen molar-refractivity contribution in [1.82, 2.24) is 9.97 Å². The summed E-state index contributed by atoms with van der Waals surface area (Å²) in [6.07, 6.45) is 1.52. The molecule has 26 heavy (non-hydrogen) atoms. The molecule has 6 heteroatoms. The summed E-state index contributed by atoms with van der Waals surface area (Å²) in [5.74, 6) is 2.05. The molecule has 0 aliphatic carbocycles. The monoisotopic (exact) mass is 349 g/mol. The molecule has 3 aromatic rings. The van der Waals surface area contributed by atoms with E-state index >= 15 is 0 Å². The number of methoxy groups -OCH3 is 1. The van der Waals surface area contributed by atoms with Crippen molar-refractivity contribution in [2.45, 2.75) is 13.8 Å². The number of aromatic nitrogens is 2. The SMILES string of the molecule is CCN(c1cccc(C)c1)c1ncnc(Nc2ccc(OC)cc2)c1N. The van der Waals surface area contributed by atoms with Crippen LogP contribution < -0.4 is 20.7 Å². The lowest BCUT2D eigenvalue weighted by Crippen LogP contribution is -2.20. The van der Waals surface area contributed by atoms with Crippen LogP contribution in [0.5, 0.6) is 5.75 Å². The fourth-order valence-electron chi connectivity index (χ4n) is 2.76. The average molecular weight is 349 g/mol. The molecule has 0 unspecified atom stereocenters. The van der Waals surface area contributed by atoms with Gasteiger partial charge in [0, 0.05) is 17.9 Å². The Morgan fingerprint density at radius 3 is 2.54 bits per heavy atom. The Hall–Kier alpha value is -3.28. The van der Waals surface area contributed by atoms with Gasteiger partial charge in [0.05, 0.1) is 7.11 Å². The Kier molecular flexibility index (Phi) is 5.22. The normalized spacial score (nSPS) is 10.4. The van der Waals surface area contributed by atoms with E-state index in [1.165, 1.54) is 11.9 Å². The largest absolute Gasteiger partial charge is 0.497 e. The van der Waals surface area contributed by atoms with Gasteiger partial charge in [0.2, 0.25) is 0 Å². The topological polar surface area (TPSA) is 76.3 Å². The second-order valence-electron chi connectivity index (χ2n) is 5.90. The molecule has 3 rings (SSSR count). The number of aryl methyl sites for hydroxylation is 1. The highest BCUT2D eigenvalue weighted by Gasteiger charge is 2.16. The zero-order chi connectivity index (χ0) is 18.5. The summed E-state index contributed by atoms with van der Waals surface area (Å²) in [6.45, 7) is 4.88. The first kappa shape index (κ1) is 17.5. The Balaban J connectivity index is 1.92. The van der Waals surface area contributed by atoms with Crippen molar-refractivity contribution >= 4 is 28.7 Å². The first-order valence-electron chi connectivity index (χ1n) is 8.48. The summed E-state index contributed by atoms with van der Waals surface area (Å²) < 4.78 is 5.18. The van der Waals surface area contributed by atoms with Crippen LogP contribution in [-0.2, 0) is 0 Å². The van der Waals surface area contributed by atoms with Gasteiger partial charge in [-0.05, 0) is 55.8 Å². The van der Waals surface area contributed by atoms with Crippen molar-refractivity contribution < 1.29 is 4.74 Å². The zero-order valence-corrected chi connectivity index (χ0v) is 15.2. The molecular formula is C20H23N5O. The van der Waals surface area contributed by atoms with Crippen molar-refractivity contribution in [2.24, 2.45) is 0 Å². The number of benzene rings is 2. The summed E-state index contributed by atoms with van der Waals surface area (Å²) in [6, 6.07) is 15.8. The summed E-state index contributed by atoms with van der Waals surface area (Å²) >= 11 is 0. The molecule has 134 valence electrons. The molecule has 2 aromatic carbocycles. The first-order chi connectivity index (χ1) is 12.6. The molecule has 1 aromatic heterocycles. The summed E-state index contributed by atoms with van der Waals surface area (Å²) in [5.41, 5.74) is 10.0. The maximum Gasteiger partial charge on any atom is 0.161 e. The molecule has 0 aliphatic rings. The van der Waals surface area contributed by atoms with Crippen LogP contribution in [0.25, 0.3) is 0 Å². The summed E-state index contributed by atoms with van der Waals surface area (Å²) in [5, 5.41) is 3.25. The number of anilines is 5. The third kappa shape index (κ3) is 3.69. The predicted octanol–water partition coefficient (Wildman–Crippen LogP) is 4.28. The quantitative estimate of drug-likeness (QED) is 0.692. The first-order valence-corrected chi connectivity index (χ1v) is 8.48. The van der Waals surface area contributed by atoms with Crippen LogP contribution in [0.4, 0.5) is 28.7 Å². The second-order valence-corrected chi connectivity index (χ2v) is 5.90. The van der Waals surface area contributed by atoms with E-state index in [9.17, 15) is 0 Å². The molecule has 1 heterocycles. The Labute approximate surface area is 153 Å². The standard InChI is InChI=1S/C20H23N5O/c1-4-25(16-7-5-6-14(2)12-16)20-18(21)19(22-13-23-20)24-15-8-10-17(26-3)11-9-15/h5-13H,4,21H2,1-3H3,(H,22,23,24). The molecule has 0 bridgehead atoms. The molecule has 0 atom stereocenters. The fraction of sp³-hybridized carbons (Fsp3) is 0.200. The second kappa shape index (κ2) is 7.74. The van der Waals surface area contributed by atoms with Crippen molar-refractivity contribution in [3.63, 3.8) is 0 Å². The molecule has 6 nitrogen and oxygen atoms in total. The van der Waals surface area contributed by atoms with Gasteiger partial charge < -0.3 is 20.7 Å². The molecule has 0 saturated carbocycles. The van der Waals surface area contributed by atoms with Crippen LogP contribution >= 0.6 is 0 Å². The Morgan fingerprint density at radius 1 is 1.12 bits per heavy atom. The van der Waals surface area contributed by atoms with E-state index in [2.05, 4.69) is 52.2 Å². The van der Waals surface area contributed by atoms with Gasteiger partial charge in [0.25, 0.3) is 0 Å². The number of nitrogens with zero attached hydrogens (tertiary/aromatic N) is 3. The molecule has 0 aliphatic heterocycles. The summed E-state index contributed by atoms with van der Waals surface area (Å²) in [4.78, 5) is 10.8. The van der Waals surface area contributed by atoms with Crippen molar-refractivity contribution in [3.8, 4) is 5.75 Å². The van der Waals surface area contributed by atoms with Gasteiger partial charge in [0.1, 0.15) is 17.8 Å². The van der Waals surface area contributed by atoms with Crippen molar-refractivity contribution in [3.05, 3.63) is 60.4 Å². The van der Waals surface area contributed by atoms with Gasteiger partial charge in [-0.2, -0.15) is 0 Å². The van der Waals surface area contributed by atoms with Crippen LogP contribution in [0.15, 0.2) is 54.9 Å². The zero-order valence-electron chi connectivity index (χ0n) is 15.2. The molecule has 0 radical (unpaired) electrons. The molecule has 0 saturated heterocycles. The van der Waals surface area contributed by atoms with Crippen molar-refractivity contribution in [2.75, 3.05) is 29.6 Å². The van der Waals surface area contributed by atoms with Gasteiger partial charge >= 0.3 is 0 Å². The predicted molar refractivity (Wildman–Crippen MR) is 107 cm³/mol. The maximum atomic E-state index is 6.39. The molecule has 0 fully saturated rings. The Morgan fingerprint density at radius 2 is 1.88 bits per heavy atom. The lowest BCUT2D eigenvalue weighted by molar-refractivity contribution is 0.415. The van der Waals surface area contributed by atoms with E-state index in [-0.39, 0.29) is 0 Å². The third-order valence-electron chi connectivity index (χ3n) is 4.10. The Bertz CT molecular complexity index is 880. The number of hydrogen-bond donors (Lipinski definition) is 2. The number of nitrogens with one attached hydrogen (secondary N) is 1. The number of rotatable bonds is 6. The van der Waals surface area contributed by atoms with Crippen LogP contribution in [0, 0.1) is 6.92 Å². The number of hydrogen-bond acceptors (Lipinski definition) is 6.